The number of rotatable bonds is 5. The summed E-state index contributed by atoms with van der Waals surface area (Å²) in [6.07, 6.45) is 0. The van der Waals surface area contributed by atoms with Crippen molar-refractivity contribution in [3.8, 4) is 0 Å². The highest BCUT2D eigenvalue weighted by Gasteiger charge is 2.20. The van der Waals surface area contributed by atoms with Crippen molar-refractivity contribution in [3.63, 3.8) is 0 Å². The van der Waals surface area contributed by atoms with Crippen LogP contribution in [-0.4, -0.2) is 35.9 Å². The fraction of sp³-hybridized carbons (Fsp3) is 0.417. The van der Waals surface area contributed by atoms with Gasteiger partial charge in [0, 0.05) is 32.3 Å². The molecule has 0 radical (unpaired) electrons. The Labute approximate surface area is 106 Å². The first kappa shape index (κ1) is 14.1. The molecule has 6 nitrogen and oxygen atoms in total. The van der Waals surface area contributed by atoms with E-state index in [1.165, 1.54) is 17.0 Å². The van der Waals surface area contributed by atoms with Crippen LogP contribution in [0.3, 0.4) is 0 Å². The van der Waals surface area contributed by atoms with E-state index >= 15 is 0 Å². The average Bonchev–Trinajstić information content (AvgIpc) is 2.37. The number of carbonyl (C=O) groups is 1. The standard InChI is InChI=1S/C12H17N3O3/c1-9(12(16)14(2)7-6-13)10-4-3-5-11(8-10)15(17)18/h3-5,8-9H,6-7,13H2,1-2H3. The van der Waals surface area contributed by atoms with E-state index in [2.05, 4.69) is 0 Å². The molecule has 1 unspecified atom stereocenters. The molecule has 0 heterocycles. The summed E-state index contributed by atoms with van der Waals surface area (Å²) in [6.45, 7) is 2.59. The van der Waals surface area contributed by atoms with E-state index in [1.54, 1.807) is 26.1 Å². The summed E-state index contributed by atoms with van der Waals surface area (Å²) in [6, 6.07) is 6.13. The normalized spacial score (nSPS) is 11.9. The predicted molar refractivity (Wildman–Crippen MR) is 68.2 cm³/mol. The van der Waals surface area contributed by atoms with E-state index in [4.69, 9.17) is 5.73 Å². The number of benzene rings is 1. The molecule has 0 spiro atoms. The monoisotopic (exact) mass is 251 g/mol. The van der Waals surface area contributed by atoms with E-state index < -0.39 is 10.8 Å². The molecule has 0 saturated carbocycles. The molecule has 0 saturated heterocycles. The maximum Gasteiger partial charge on any atom is 0.269 e. The van der Waals surface area contributed by atoms with Gasteiger partial charge in [-0.3, -0.25) is 14.9 Å². The molecule has 98 valence electrons. The Kier molecular flexibility index (Phi) is 4.79. The van der Waals surface area contributed by atoms with E-state index in [0.717, 1.165) is 0 Å². The van der Waals surface area contributed by atoms with Crippen molar-refractivity contribution < 1.29 is 9.72 Å². The summed E-state index contributed by atoms with van der Waals surface area (Å²) in [7, 11) is 1.67. The zero-order chi connectivity index (χ0) is 13.7. The van der Waals surface area contributed by atoms with Crippen LogP contribution in [-0.2, 0) is 4.79 Å². The third-order valence-corrected chi connectivity index (χ3v) is 2.79. The summed E-state index contributed by atoms with van der Waals surface area (Å²) >= 11 is 0. The van der Waals surface area contributed by atoms with Crippen molar-refractivity contribution >= 4 is 11.6 Å². The number of nitrogens with two attached hydrogens (primary N) is 1. The van der Waals surface area contributed by atoms with Crippen molar-refractivity contribution in [1.29, 1.82) is 0 Å². The zero-order valence-corrected chi connectivity index (χ0v) is 10.5. The molecule has 1 amide bonds. The van der Waals surface area contributed by atoms with Gasteiger partial charge in [-0.25, -0.2) is 0 Å². The van der Waals surface area contributed by atoms with Crippen molar-refractivity contribution in [2.75, 3.05) is 20.1 Å². The molecule has 18 heavy (non-hydrogen) atoms. The van der Waals surface area contributed by atoms with Crippen LogP contribution in [0.2, 0.25) is 0 Å². The summed E-state index contributed by atoms with van der Waals surface area (Å²) in [5.74, 6) is -0.512. The lowest BCUT2D eigenvalue weighted by molar-refractivity contribution is -0.384. The number of nitrogens with zero attached hydrogens (tertiary/aromatic N) is 2. The number of nitro benzene ring substituents is 1. The van der Waals surface area contributed by atoms with Crippen LogP contribution in [0.5, 0.6) is 0 Å². The summed E-state index contributed by atoms with van der Waals surface area (Å²) < 4.78 is 0. The van der Waals surface area contributed by atoms with Gasteiger partial charge in [0.1, 0.15) is 0 Å². The molecule has 0 aliphatic rings. The van der Waals surface area contributed by atoms with E-state index in [-0.39, 0.29) is 11.6 Å². The lowest BCUT2D eigenvalue weighted by Crippen LogP contribution is -2.34. The molecular formula is C12H17N3O3. The van der Waals surface area contributed by atoms with Gasteiger partial charge in [0.25, 0.3) is 5.69 Å². The average molecular weight is 251 g/mol. The molecule has 0 aliphatic carbocycles. The Bertz CT molecular complexity index is 448. The van der Waals surface area contributed by atoms with E-state index in [0.29, 0.717) is 18.7 Å². The third kappa shape index (κ3) is 3.27. The maximum absolute atomic E-state index is 12.0. The van der Waals surface area contributed by atoms with E-state index in [1.807, 2.05) is 0 Å². The Morgan fingerprint density at radius 3 is 2.78 bits per heavy atom. The van der Waals surface area contributed by atoms with Gasteiger partial charge in [0.2, 0.25) is 5.91 Å². The Morgan fingerprint density at radius 1 is 1.56 bits per heavy atom. The lowest BCUT2D eigenvalue weighted by Gasteiger charge is -2.20. The third-order valence-electron chi connectivity index (χ3n) is 2.79. The molecule has 1 rings (SSSR count). The number of nitro groups is 1. The number of hydrogen-bond donors (Lipinski definition) is 1. The molecule has 0 aliphatic heterocycles. The summed E-state index contributed by atoms with van der Waals surface area (Å²) in [5, 5.41) is 10.7. The highest BCUT2D eigenvalue weighted by molar-refractivity contribution is 5.83. The first-order chi connectivity index (χ1) is 8.47. The van der Waals surface area contributed by atoms with Crippen molar-refractivity contribution in [2.45, 2.75) is 12.8 Å². The number of carbonyl (C=O) groups excluding carboxylic acids is 1. The number of hydrogen-bond acceptors (Lipinski definition) is 4. The van der Waals surface area contributed by atoms with Crippen LogP contribution in [0.25, 0.3) is 0 Å². The Hall–Kier alpha value is -1.95. The van der Waals surface area contributed by atoms with Gasteiger partial charge >= 0.3 is 0 Å². The zero-order valence-electron chi connectivity index (χ0n) is 10.5. The van der Waals surface area contributed by atoms with Crippen LogP contribution < -0.4 is 5.73 Å². The number of non-ortho nitro benzene ring substituents is 1. The lowest BCUT2D eigenvalue weighted by atomic mass is 9.99. The van der Waals surface area contributed by atoms with Gasteiger partial charge in [-0.15, -0.1) is 0 Å². The van der Waals surface area contributed by atoms with Crippen molar-refractivity contribution in [2.24, 2.45) is 5.73 Å². The molecule has 1 aromatic carbocycles. The first-order valence-corrected chi connectivity index (χ1v) is 5.66. The van der Waals surface area contributed by atoms with Gasteiger partial charge < -0.3 is 10.6 Å². The second-order valence-corrected chi connectivity index (χ2v) is 4.12. The fourth-order valence-electron chi connectivity index (χ4n) is 1.68. The topological polar surface area (TPSA) is 89.5 Å². The minimum atomic E-state index is -0.468. The summed E-state index contributed by atoms with van der Waals surface area (Å²) in [5.41, 5.74) is 6.02. The molecule has 1 aromatic rings. The molecular weight excluding hydrogens is 234 g/mol. The fourth-order valence-corrected chi connectivity index (χ4v) is 1.68. The van der Waals surface area contributed by atoms with Gasteiger partial charge in [-0.2, -0.15) is 0 Å². The number of amides is 1. The minimum Gasteiger partial charge on any atom is -0.344 e. The second kappa shape index (κ2) is 6.11. The van der Waals surface area contributed by atoms with Crippen LogP contribution in [0.1, 0.15) is 18.4 Å². The predicted octanol–water partition coefficient (Wildman–Crippen LogP) is 1.12. The first-order valence-electron chi connectivity index (χ1n) is 5.66. The summed E-state index contributed by atoms with van der Waals surface area (Å²) in [4.78, 5) is 23.8. The molecule has 1 atom stereocenters. The maximum atomic E-state index is 12.0. The highest BCUT2D eigenvalue weighted by atomic mass is 16.6. The molecule has 0 aromatic heterocycles. The van der Waals surface area contributed by atoms with Gasteiger partial charge in [0.15, 0.2) is 0 Å². The second-order valence-electron chi connectivity index (χ2n) is 4.12. The molecule has 0 fully saturated rings. The molecule has 6 heteroatoms. The largest absolute Gasteiger partial charge is 0.344 e. The molecule has 0 bridgehead atoms. The van der Waals surface area contributed by atoms with Crippen LogP contribution in [0.15, 0.2) is 24.3 Å². The minimum absolute atomic E-state index is 0.00590. The molecule has 2 N–H and O–H groups in total. The van der Waals surface area contributed by atoms with Gasteiger partial charge in [-0.05, 0) is 12.5 Å². The smallest absolute Gasteiger partial charge is 0.269 e. The van der Waals surface area contributed by atoms with Crippen molar-refractivity contribution in [3.05, 3.63) is 39.9 Å². The van der Waals surface area contributed by atoms with Crippen molar-refractivity contribution in [1.82, 2.24) is 4.90 Å². The highest BCUT2D eigenvalue weighted by Crippen LogP contribution is 2.22. The van der Waals surface area contributed by atoms with Crippen LogP contribution in [0.4, 0.5) is 5.69 Å². The van der Waals surface area contributed by atoms with E-state index in [9.17, 15) is 14.9 Å². The SMILES string of the molecule is CC(C(=O)N(C)CCN)c1cccc([N+](=O)[O-])c1. The van der Waals surface area contributed by atoms with Gasteiger partial charge in [0.05, 0.1) is 10.8 Å². The van der Waals surface area contributed by atoms with Gasteiger partial charge in [-0.1, -0.05) is 12.1 Å². The van der Waals surface area contributed by atoms with Crippen LogP contribution in [0, 0.1) is 10.1 Å². The Morgan fingerprint density at radius 2 is 2.22 bits per heavy atom. The van der Waals surface area contributed by atoms with Crippen LogP contribution >= 0.6 is 0 Å². The number of likely N-dealkylation sites (N-methyl/N-ethyl adjacent to an activating group) is 1. The quantitative estimate of drug-likeness (QED) is 0.627. The Balaban J connectivity index is 2.89.